The molecular weight excluding hydrogens is 184 g/mol. The predicted octanol–water partition coefficient (Wildman–Crippen LogP) is 1.32. The Balaban J connectivity index is 2.72. The van der Waals surface area contributed by atoms with Crippen molar-refractivity contribution in [3.05, 3.63) is 16.1 Å². The first kappa shape index (κ1) is 9.75. The Bertz CT molecular complexity index is 351. The molecule has 68 valence electrons. The van der Waals surface area contributed by atoms with Gasteiger partial charge in [-0.05, 0) is 12.8 Å². The van der Waals surface area contributed by atoms with Gasteiger partial charge in [-0.15, -0.1) is 17.8 Å². The normalized spacial score (nSPS) is 11.8. The van der Waals surface area contributed by atoms with E-state index >= 15 is 0 Å². The van der Waals surface area contributed by atoms with Crippen LogP contribution in [0, 0.1) is 12.3 Å². The Morgan fingerprint density at radius 1 is 1.85 bits per heavy atom. The minimum atomic E-state index is -0.0652. The Labute approximate surface area is 81.2 Å². The molecule has 0 bridgehead atoms. The number of amides is 1. The molecule has 0 spiro atoms. The maximum Gasteiger partial charge on any atom is 0.217 e. The van der Waals surface area contributed by atoms with Crippen molar-refractivity contribution < 1.29 is 4.79 Å². The van der Waals surface area contributed by atoms with Crippen molar-refractivity contribution in [1.82, 2.24) is 10.3 Å². The largest absolute Gasteiger partial charge is 0.347 e. The molecule has 1 unspecified atom stereocenters. The second-order valence-corrected chi connectivity index (χ2v) is 3.53. The quantitative estimate of drug-likeness (QED) is 0.721. The molecule has 1 amide bonds. The number of rotatable bonds is 2. The van der Waals surface area contributed by atoms with E-state index in [9.17, 15) is 4.79 Å². The van der Waals surface area contributed by atoms with E-state index in [-0.39, 0.29) is 11.9 Å². The topological polar surface area (TPSA) is 42.0 Å². The highest BCUT2D eigenvalue weighted by Crippen LogP contribution is 2.16. The molecular formula is C9H10N2OS. The van der Waals surface area contributed by atoms with Crippen LogP contribution >= 0.6 is 11.3 Å². The van der Waals surface area contributed by atoms with Crippen LogP contribution in [0.15, 0.2) is 5.38 Å². The molecule has 0 radical (unpaired) electrons. The molecule has 0 saturated heterocycles. The van der Waals surface area contributed by atoms with Gasteiger partial charge >= 0.3 is 0 Å². The minimum Gasteiger partial charge on any atom is -0.347 e. The lowest BCUT2D eigenvalue weighted by molar-refractivity contribution is -0.119. The maximum absolute atomic E-state index is 10.7. The number of hydrogen-bond donors (Lipinski definition) is 1. The Morgan fingerprint density at radius 2 is 2.54 bits per heavy atom. The van der Waals surface area contributed by atoms with Crippen molar-refractivity contribution in [3.63, 3.8) is 0 Å². The Morgan fingerprint density at radius 3 is 3.00 bits per heavy atom. The van der Waals surface area contributed by atoms with E-state index in [1.165, 1.54) is 18.3 Å². The van der Waals surface area contributed by atoms with E-state index in [1.54, 1.807) is 5.38 Å². The van der Waals surface area contributed by atoms with Gasteiger partial charge in [0.2, 0.25) is 5.91 Å². The maximum atomic E-state index is 10.7. The third kappa shape index (κ3) is 2.56. The number of terminal acetylenes is 1. The highest BCUT2D eigenvalue weighted by molar-refractivity contribution is 7.09. The van der Waals surface area contributed by atoms with Crippen LogP contribution in [-0.2, 0) is 4.79 Å². The van der Waals surface area contributed by atoms with Crippen LogP contribution in [0.2, 0.25) is 0 Å². The summed E-state index contributed by atoms with van der Waals surface area (Å²) in [4.78, 5) is 14.9. The summed E-state index contributed by atoms with van der Waals surface area (Å²) in [5.41, 5.74) is 0.622. The average Bonchev–Trinajstić information content (AvgIpc) is 2.50. The smallest absolute Gasteiger partial charge is 0.217 e. The fourth-order valence-electron chi connectivity index (χ4n) is 0.919. The van der Waals surface area contributed by atoms with Crippen LogP contribution in [0.1, 0.15) is 30.6 Å². The number of carbonyl (C=O) groups is 1. The molecule has 0 aliphatic heterocycles. The summed E-state index contributed by atoms with van der Waals surface area (Å²) < 4.78 is 0. The fourth-order valence-corrected chi connectivity index (χ4v) is 1.69. The molecule has 1 atom stereocenters. The number of thiazole rings is 1. The van der Waals surface area contributed by atoms with Gasteiger partial charge in [0, 0.05) is 12.3 Å². The summed E-state index contributed by atoms with van der Waals surface area (Å²) in [6, 6.07) is -0.0652. The van der Waals surface area contributed by atoms with Crippen LogP contribution in [0.3, 0.4) is 0 Å². The summed E-state index contributed by atoms with van der Waals surface area (Å²) in [6.07, 6.45) is 5.17. The first-order valence-corrected chi connectivity index (χ1v) is 4.70. The van der Waals surface area contributed by atoms with E-state index in [4.69, 9.17) is 6.42 Å². The number of carbonyl (C=O) groups excluding carboxylic acids is 1. The number of hydrogen-bond acceptors (Lipinski definition) is 3. The van der Waals surface area contributed by atoms with Gasteiger partial charge in [-0.2, -0.15) is 0 Å². The molecule has 0 aliphatic carbocycles. The molecule has 1 rings (SSSR count). The lowest BCUT2D eigenvalue weighted by Gasteiger charge is -2.07. The van der Waals surface area contributed by atoms with Crippen molar-refractivity contribution in [3.8, 4) is 12.3 Å². The van der Waals surface area contributed by atoms with E-state index < -0.39 is 0 Å². The fraction of sp³-hybridized carbons (Fsp3) is 0.333. The van der Waals surface area contributed by atoms with Gasteiger partial charge in [0.25, 0.3) is 0 Å². The molecule has 3 nitrogen and oxygen atoms in total. The van der Waals surface area contributed by atoms with Crippen LogP contribution in [0.5, 0.6) is 0 Å². The molecule has 4 heteroatoms. The zero-order valence-electron chi connectivity index (χ0n) is 7.50. The summed E-state index contributed by atoms with van der Waals surface area (Å²) in [5, 5.41) is 5.37. The summed E-state index contributed by atoms with van der Waals surface area (Å²) >= 11 is 1.46. The van der Waals surface area contributed by atoms with Crippen molar-refractivity contribution in [2.24, 2.45) is 0 Å². The van der Waals surface area contributed by atoms with Gasteiger partial charge in [0.05, 0.1) is 6.04 Å². The lowest BCUT2D eigenvalue weighted by Crippen LogP contribution is -2.23. The monoisotopic (exact) mass is 194 g/mol. The standard InChI is InChI=1S/C9H10N2OS/c1-4-8-5-13-9(11-8)6(2)10-7(3)12/h1,5-6H,2-3H3,(H,10,12). The van der Waals surface area contributed by atoms with Crippen molar-refractivity contribution >= 4 is 17.2 Å². The predicted molar refractivity (Wildman–Crippen MR) is 52.3 cm³/mol. The third-order valence-electron chi connectivity index (χ3n) is 1.46. The summed E-state index contributed by atoms with van der Waals surface area (Å²) in [6.45, 7) is 3.35. The van der Waals surface area contributed by atoms with Gasteiger partial charge in [-0.1, -0.05) is 0 Å². The second-order valence-electron chi connectivity index (χ2n) is 2.64. The van der Waals surface area contributed by atoms with E-state index in [2.05, 4.69) is 16.2 Å². The molecule has 1 N–H and O–H groups in total. The number of aromatic nitrogens is 1. The summed E-state index contributed by atoms with van der Waals surface area (Å²) in [7, 11) is 0. The lowest BCUT2D eigenvalue weighted by atomic mass is 10.3. The number of nitrogens with one attached hydrogen (secondary N) is 1. The Kier molecular flexibility index (Phi) is 3.04. The van der Waals surface area contributed by atoms with E-state index in [1.807, 2.05) is 6.92 Å². The summed E-state index contributed by atoms with van der Waals surface area (Å²) in [5.74, 6) is 2.38. The van der Waals surface area contributed by atoms with Crippen molar-refractivity contribution in [1.29, 1.82) is 0 Å². The van der Waals surface area contributed by atoms with Crippen LogP contribution in [0.25, 0.3) is 0 Å². The zero-order chi connectivity index (χ0) is 9.84. The molecule has 1 aromatic heterocycles. The van der Waals surface area contributed by atoms with Gasteiger partial charge < -0.3 is 5.32 Å². The zero-order valence-corrected chi connectivity index (χ0v) is 8.31. The third-order valence-corrected chi connectivity index (χ3v) is 2.49. The molecule has 13 heavy (non-hydrogen) atoms. The first-order chi connectivity index (χ1) is 6.13. The molecule has 0 saturated carbocycles. The van der Waals surface area contributed by atoms with Gasteiger partial charge in [-0.25, -0.2) is 4.98 Å². The molecule has 0 fully saturated rings. The highest BCUT2D eigenvalue weighted by Gasteiger charge is 2.09. The Hall–Kier alpha value is -1.34. The highest BCUT2D eigenvalue weighted by atomic mass is 32.1. The molecule has 0 aromatic carbocycles. The van der Waals surface area contributed by atoms with Crippen LogP contribution in [-0.4, -0.2) is 10.9 Å². The SMILES string of the molecule is C#Cc1csc(C(C)NC(C)=O)n1. The second kappa shape index (κ2) is 4.06. The van der Waals surface area contributed by atoms with Crippen molar-refractivity contribution in [2.75, 3.05) is 0 Å². The minimum absolute atomic E-state index is 0.0649. The van der Waals surface area contributed by atoms with Gasteiger partial charge in [0.1, 0.15) is 10.7 Å². The van der Waals surface area contributed by atoms with Crippen LogP contribution in [0.4, 0.5) is 0 Å². The number of nitrogens with zero attached hydrogens (tertiary/aromatic N) is 1. The molecule has 0 aliphatic rings. The molecule has 1 heterocycles. The van der Waals surface area contributed by atoms with E-state index in [0.717, 1.165) is 5.01 Å². The van der Waals surface area contributed by atoms with Crippen molar-refractivity contribution in [2.45, 2.75) is 19.9 Å². The van der Waals surface area contributed by atoms with Gasteiger partial charge in [-0.3, -0.25) is 4.79 Å². The molecule has 1 aromatic rings. The average molecular weight is 194 g/mol. The van der Waals surface area contributed by atoms with E-state index in [0.29, 0.717) is 5.69 Å². The van der Waals surface area contributed by atoms with Gasteiger partial charge in [0.15, 0.2) is 0 Å². The first-order valence-electron chi connectivity index (χ1n) is 3.82. The van der Waals surface area contributed by atoms with Crippen LogP contribution < -0.4 is 5.32 Å².